The maximum absolute atomic E-state index is 13.8. The highest BCUT2D eigenvalue weighted by atomic mass is 32.2. The zero-order chi connectivity index (χ0) is 28.2. The van der Waals surface area contributed by atoms with Gasteiger partial charge in [0, 0.05) is 64.0 Å². The summed E-state index contributed by atoms with van der Waals surface area (Å²) < 4.78 is 49.1. The first kappa shape index (κ1) is 28.6. The van der Waals surface area contributed by atoms with E-state index in [1.54, 1.807) is 7.11 Å². The Bertz CT molecular complexity index is 1280. The number of methoxy groups -OCH3 is 1. The largest absolute Gasteiger partial charge is 0.494 e. The predicted octanol–water partition coefficient (Wildman–Crippen LogP) is 5.63. The molecule has 8 nitrogen and oxygen atoms in total. The molecule has 1 aliphatic heterocycles. The van der Waals surface area contributed by atoms with Crippen LogP contribution in [0, 0.1) is 6.92 Å². The van der Waals surface area contributed by atoms with Crippen LogP contribution in [0.5, 0.6) is 5.75 Å². The molecule has 0 radical (unpaired) electrons. The molecule has 2 N–H and O–H groups in total. The molecule has 1 aliphatic rings. The van der Waals surface area contributed by atoms with Gasteiger partial charge in [0.15, 0.2) is 0 Å². The van der Waals surface area contributed by atoms with Crippen LogP contribution in [0.4, 0.5) is 42.0 Å². The predicted molar refractivity (Wildman–Crippen MR) is 153 cm³/mol. The van der Waals surface area contributed by atoms with Gasteiger partial charge in [-0.2, -0.15) is 18.2 Å². The number of aryl methyl sites for hydroxylation is 1. The van der Waals surface area contributed by atoms with E-state index in [1.165, 1.54) is 11.9 Å². The standard InChI is InChI=1S/C27H34F3N7OS/c1-18-6-7-19(23(14-18)36(3)39-5)16-31-25-21(27(28,29)30)17-32-26(34-25)33-22-9-8-20(15-24(22)38-4)37-12-10-35(2)11-13-37/h6-9,14-15,17H,10-13,16H2,1-5H3,(H2,31,32,33,34). The van der Waals surface area contributed by atoms with Gasteiger partial charge >= 0.3 is 6.18 Å². The van der Waals surface area contributed by atoms with Crippen molar-refractivity contribution in [3.8, 4) is 5.75 Å². The smallest absolute Gasteiger partial charge is 0.421 e. The van der Waals surface area contributed by atoms with Crippen LogP contribution in [-0.4, -0.2) is 68.5 Å². The van der Waals surface area contributed by atoms with Crippen LogP contribution in [0.2, 0.25) is 0 Å². The van der Waals surface area contributed by atoms with Gasteiger partial charge < -0.3 is 29.5 Å². The number of ether oxygens (including phenoxy) is 1. The molecular formula is C27H34F3N7OS. The van der Waals surface area contributed by atoms with Crippen LogP contribution < -0.4 is 24.6 Å². The Labute approximate surface area is 231 Å². The van der Waals surface area contributed by atoms with Gasteiger partial charge in [-0.1, -0.05) is 24.1 Å². The summed E-state index contributed by atoms with van der Waals surface area (Å²) in [5.41, 5.74) is 3.47. The Morgan fingerprint density at radius 2 is 1.85 bits per heavy atom. The number of aromatic nitrogens is 2. The lowest BCUT2D eigenvalue weighted by Crippen LogP contribution is -2.44. The van der Waals surface area contributed by atoms with E-state index in [0.29, 0.717) is 11.4 Å². The van der Waals surface area contributed by atoms with Crippen molar-refractivity contribution >= 4 is 40.8 Å². The SMILES string of the molecule is COc1cc(N2CCN(C)CC2)ccc1Nc1ncc(C(F)(F)F)c(NCc2ccc(C)cc2N(C)SC)n1. The summed E-state index contributed by atoms with van der Waals surface area (Å²) in [4.78, 5) is 12.7. The van der Waals surface area contributed by atoms with Crippen molar-refractivity contribution in [1.82, 2.24) is 14.9 Å². The third-order valence-electron chi connectivity index (χ3n) is 6.69. The third-order valence-corrected chi connectivity index (χ3v) is 7.44. The number of hydrogen-bond acceptors (Lipinski definition) is 9. The van der Waals surface area contributed by atoms with Crippen LogP contribution in [0.15, 0.2) is 42.6 Å². The number of piperazine rings is 1. The van der Waals surface area contributed by atoms with Crippen LogP contribution in [0.25, 0.3) is 0 Å². The molecule has 0 amide bonds. The summed E-state index contributed by atoms with van der Waals surface area (Å²) >= 11 is 1.52. The molecule has 2 aromatic carbocycles. The Morgan fingerprint density at radius 3 is 2.51 bits per heavy atom. The molecule has 39 heavy (non-hydrogen) atoms. The minimum atomic E-state index is -4.62. The van der Waals surface area contributed by atoms with Gasteiger partial charge in [-0.25, -0.2) is 4.98 Å². The van der Waals surface area contributed by atoms with Crippen molar-refractivity contribution in [3.63, 3.8) is 0 Å². The van der Waals surface area contributed by atoms with E-state index < -0.39 is 11.7 Å². The maximum Gasteiger partial charge on any atom is 0.421 e. The monoisotopic (exact) mass is 561 g/mol. The molecule has 1 saturated heterocycles. The van der Waals surface area contributed by atoms with Gasteiger partial charge in [0.05, 0.1) is 18.5 Å². The minimum Gasteiger partial charge on any atom is -0.494 e. The van der Waals surface area contributed by atoms with E-state index in [9.17, 15) is 13.2 Å². The highest BCUT2D eigenvalue weighted by Crippen LogP contribution is 2.36. The third kappa shape index (κ3) is 6.99. The lowest BCUT2D eigenvalue weighted by Gasteiger charge is -2.34. The number of rotatable bonds is 9. The Kier molecular flexibility index (Phi) is 8.96. The minimum absolute atomic E-state index is 0.0292. The van der Waals surface area contributed by atoms with E-state index in [2.05, 4.69) is 37.4 Å². The molecule has 0 spiro atoms. The fraction of sp³-hybridized carbons (Fsp3) is 0.407. The first-order valence-electron chi connectivity index (χ1n) is 12.5. The number of nitrogens with one attached hydrogen (secondary N) is 2. The number of hydrogen-bond donors (Lipinski definition) is 2. The van der Waals surface area contributed by atoms with E-state index in [1.807, 2.05) is 60.9 Å². The molecule has 3 aromatic rings. The number of anilines is 5. The Morgan fingerprint density at radius 1 is 1.10 bits per heavy atom. The Hall–Kier alpha value is -3.38. The average molecular weight is 562 g/mol. The molecule has 0 saturated carbocycles. The van der Waals surface area contributed by atoms with Crippen molar-refractivity contribution in [2.45, 2.75) is 19.6 Å². The summed E-state index contributed by atoms with van der Waals surface area (Å²) in [7, 11) is 5.57. The molecule has 0 atom stereocenters. The summed E-state index contributed by atoms with van der Waals surface area (Å²) in [6, 6.07) is 11.6. The second-order valence-electron chi connectivity index (χ2n) is 9.42. The number of nitrogens with zero attached hydrogens (tertiary/aromatic N) is 5. The zero-order valence-electron chi connectivity index (χ0n) is 22.8. The first-order valence-corrected chi connectivity index (χ1v) is 13.7. The quantitative estimate of drug-likeness (QED) is 0.323. The van der Waals surface area contributed by atoms with Crippen LogP contribution in [-0.2, 0) is 12.7 Å². The van der Waals surface area contributed by atoms with Crippen molar-refractivity contribution < 1.29 is 17.9 Å². The van der Waals surface area contributed by atoms with Crippen molar-refractivity contribution in [3.05, 3.63) is 59.3 Å². The van der Waals surface area contributed by atoms with Gasteiger partial charge in [0.1, 0.15) is 17.1 Å². The van der Waals surface area contributed by atoms with Gasteiger partial charge in [-0.3, -0.25) is 0 Å². The van der Waals surface area contributed by atoms with Crippen LogP contribution in [0.3, 0.4) is 0 Å². The highest BCUT2D eigenvalue weighted by Gasteiger charge is 2.35. The van der Waals surface area contributed by atoms with Crippen molar-refractivity contribution in [1.29, 1.82) is 0 Å². The van der Waals surface area contributed by atoms with Gasteiger partial charge in [-0.05, 0) is 43.3 Å². The second kappa shape index (κ2) is 12.2. The fourth-order valence-electron chi connectivity index (χ4n) is 4.34. The molecule has 12 heteroatoms. The summed E-state index contributed by atoms with van der Waals surface area (Å²) in [5.74, 6) is 0.279. The molecule has 210 valence electrons. The number of benzene rings is 2. The number of likely N-dealkylation sites (N-methyl/N-ethyl adjacent to an activating group) is 1. The molecule has 4 rings (SSSR count). The molecule has 0 bridgehead atoms. The van der Waals surface area contributed by atoms with Crippen LogP contribution in [0.1, 0.15) is 16.7 Å². The molecule has 1 aromatic heterocycles. The second-order valence-corrected chi connectivity index (χ2v) is 10.3. The number of halogens is 3. The summed E-state index contributed by atoms with van der Waals surface area (Å²) in [6.45, 7) is 5.87. The van der Waals surface area contributed by atoms with Crippen molar-refractivity contribution in [2.75, 3.05) is 73.5 Å². The molecule has 0 unspecified atom stereocenters. The normalized spacial score (nSPS) is 14.3. The lowest BCUT2D eigenvalue weighted by molar-refractivity contribution is -0.137. The van der Waals surface area contributed by atoms with E-state index in [0.717, 1.165) is 54.9 Å². The summed E-state index contributed by atoms with van der Waals surface area (Å²) in [5, 5.41) is 5.93. The molecular weight excluding hydrogens is 527 g/mol. The van der Waals surface area contributed by atoms with E-state index in [-0.39, 0.29) is 18.3 Å². The van der Waals surface area contributed by atoms with Gasteiger partial charge in [-0.15, -0.1) is 0 Å². The number of alkyl halides is 3. The van der Waals surface area contributed by atoms with Crippen LogP contribution >= 0.6 is 11.9 Å². The highest BCUT2D eigenvalue weighted by molar-refractivity contribution is 7.99. The first-order chi connectivity index (χ1) is 18.6. The Balaban J connectivity index is 1.58. The van der Waals surface area contributed by atoms with E-state index >= 15 is 0 Å². The maximum atomic E-state index is 13.8. The molecule has 2 heterocycles. The molecule has 0 aliphatic carbocycles. The van der Waals surface area contributed by atoms with E-state index in [4.69, 9.17) is 4.74 Å². The molecule has 1 fully saturated rings. The van der Waals surface area contributed by atoms with Crippen molar-refractivity contribution in [2.24, 2.45) is 0 Å². The zero-order valence-corrected chi connectivity index (χ0v) is 23.6. The van der Waals surface area contributed by atoms with Gasteiger partial charge in [0.25, 0.3) is 0 Å². The summed E-state index contributed by atoms with van der Waals surface area (Å²) in [6.07, 6.45) is -1.88. The van der Waals surface area contributed by atoms with Gasteiger partial charge in [0.2, 0.25) is 5.95 Å². The lowest BCUT2D eigenvalue weighted by atomic mass is 10.1. The fourth-order valence-corrected chi connectivity index (χ4v) is 4.71. The topological polar surface area (TPSA) is 68.8 Å². The average Bonchev–Trinajstić information content (AvgIpc) is 2.92.